The third-order valence-corrected chi connectivity index (χ3v) is 15.0. The summed E-state index contributed by atoms with van der Waals surface area (Å²) in [6.45, 7) is 0. The lowest BCUT2D eigenvalue weighted by atomic mass is 9.97. The minimum absolute atomic E-state index is 0.894. The average molecular weight is 885 g/mol. The van der Waals surface area contributed by atoms with Gasteiger partial charge in [0, 0.05) is 75.6 Å². The lowest BCUT2D eigenvalue weighted by Gasteiger charge is -2.27. The van der Waals surface area contributed by atoms with Crippen LogP contribution in [0.4, 0.5) is 17.1 Å². The fourth-order valence-corrected chi connectivity index (χ4v) is 11.9. The van der Waals surface area contributed by atoms with Gasteiger partial charge < -0.3 is 13.9 Å². The van der Waals surface area contributed by atoms with Crippen molar-refractivity contribution in [1.29, 1.82) is 0 Å². The first-order valence-electron chi connectivity index (χ1n) is 23.2. The Morgan fingerprint density at radius 2 is 0.971 bits per heavy atom. The van der Waals surface area contributed by atoms with E-state index in [9.17, 15) is 0 Å². The van der Waals surface area contributed by atoms with E-state index in [4.69, 9.17) is 4.42 Å². The number of nitrogens with zero attached hydrogens (tertiary/aromatic N) is 2. The summed E-state index contributed by atoms with van der Waals surface area (Å²) in [6, 6.07) is 88.3. The van der Waals surface area contributed by atoms with Gasteiger partial charge in [0.15, 0.2) is 0 Å². The molecule has 0 atom stereocenters. The van der Waals surface area contributed by atoms with Crippen LogP contribution in [0.3, 0.4) is 0 Å². The number of fused-ring (bicyclic) bond motifs is 10. The van der Waals surface area contributed by atoms with Crippen molar-refractivity contribution in [2.45, 2.75) is 0 Å². The smallest absolute Gasteiger partial charge is 0.143 e. The molecule has 0 N–H and O–H groups in total. The monoisotopic (exact) mass is 884 g/mol. The van der Waals surface area contributed by atoms with Gasteiger partial charge in [-0.1, -0.05) is 170 Å². The maximum Gasteiger partial charge on any atom is 0.143 e. The molecule has 11 aromatic carbocycles. The predicted octanol–water partition coefficient (Wildman–Crippen LogP) is 18.7. The van der Waals surface area contributed by atoms with Gasteiger partial charge in [0.05, 0.1) is 11.0 Å². The van der Waals surface area contributed by atoms with E-state index in [0.717, 1.165) is 55.8 Å². The first-order chi connectivity index (χ1) is 33.7. The van der Waals surface area contributed by atoms with Crippen LogP contribution in [0, 0.1) is 0 Å². The Bertz CT molecular complexity index is 4230. The van der Waals surface area contributed by atoms with Crippen LogP contribution < -0.4 is 4.90 Å². The Kier molecular flexibility index (Phi) is 8.76. The van der Waals surface area contributed by atoms with Crippen LogP contribution >= 0.6 is 11.3 Å². The molecular weight excluding hydrogens is 845 g/mol. The number of anilines is 3. The van der Waals surface area contributed by atoms with Gasteiger partial charge in [-0.05, 0) is 106 Å². The van der Waals surface area contributed by atoms with E-state index in [1.54, 1.807) is 0 Å². The molecule has 4 heteroatoms. The average Bonchev–Trinajstić information content (AvgIpc) is 4.09. The first-order valence-corrected chi connectivity index (χ1v) is 24.0. The summed E-state index contributed by atoms with van der Waals surface area (Å²) in [5.74, 6) is 0. The molecule has 318 valence electrons. The Labute approximate surface area is 396 Å². The van der Waals surface area contributed by atoms with Gasteiger partial charge in [0.2, 0.25) is 0 Å². The molecule has 68 heavy (non-hydrogen) atoms. The molecule has 0 aliphatic carbocycles. The maximum atomic E-state index is 6.61. The van der Waals surface area contributed by atoms with Crippen LogP contribution in [-0.4, -0.2) is 4.57 Å². The molecule has 0 bridgehead atoms. The van der Waals surface area contributed by atoms with Gasteiger partial charge in [-0.3, -0.25) is 0 Å². The van der Waals surface area contributed by atoms with Crippen molar-refractivity contribution < 1.29 is 4.42 Å². The third-order valence-electron chi connectivity index (χ3n) is 13.8. The van der Waals surface area contributed by atoms with Gasteiger partial charge in [-0.25, -0.2) is 0 Å². The number of benzene rings is 11. The van der Waals surface area contributed by atoms with Crippen LogP contribution in [0.15, 0.2) is 247 Å². The molecule has 14 rings (SSSR count). The van der Waals surface area contributed by atoms with Crippen molar-refractivity contribution in [2.75, 3.05) is 4.90 Å². The molecule has 0 aliphatic heterocycles. The van der Waals surface area contributed by atoms with E-state index < -0.39 is 0 Å². The van der Waals surface area contributed by atoms with E-state index in [2.05, 4.69) is 246 Å². The Hall–Kier alpha value is -8.70. The lowest BCUT2D eigenvalue weighted by molar-refractivity contribution is 0.670. The van der Waals surface area contributed by atoms with Crippen LogP contribution in [0.5, 0.6) is 0 Å². The van der Waals surface area contributed by atoms with Crippen molar-refractivity contribution in [3.05, 3.63) is 243 Å². The molecule has 0 saturated heterocycles. The maximum absolute atomic E-state index is 6.61. The highest BCUT2D eigenvalue weighted by Crippen LogP contribution is 2.47. The summed E-state index contributed by atoms with van der Waals surface area (Å²) in [5, 5.41) is 9.72. The number of hydrogen-bond donors (Lipinski definition) is 0. The number of para-hydroxylation sites is 4. The van der Waals surface area contributed by atoms with Gasteiger partial charge in [-0.2, -0.15) is 0 Å². The van der Waals surface area contributed by atoms with Crippen molar-refractivity contribution in [2.24, 2.45) is 0 Å². The number of hydrogen-bond acceptors (Lipinski definition) is 3. The van der Waals surface area contributed by atoms with Gasteiger partial charge in [0.25, 0.3) is 0 Å². The summed E-state index contributed by atoms with van der Waals surface area (Å²) in [7, 11) is 0. The molecule has 0 amide bonds. The quantitative estimate of drug-likeness (QED) is 0.159. The molecule has 0 saturated carbocycles. The Balaban J connectivity index is 0.992. The van der Waals surface area contributed by atoms with Crippen molar-refractivity contribution in [3.63, 3.8) is 0 Å². The van der Waals surface area contributed by atoms with E-state index in [-0.39, 0.29) is 0 Å². The Morgan fingerprint density at radius 1 is 0.353 bits per heavy atom. The number of furan rings is 1. The zero-order valence-electron chi connectivity index (χ0n) is 36.8. The predicted molar refractivity (Wildman–Crippen MR) is 289 cm³/mol. The standard InChI is InChI=1S/C64H40N2OS/c1-2-21-49-41(15-1)16-13-26-50(49)42-33-35-45(36-34-42)65(46-19-11-17-43(37-46)51-27-14-28-56-54-24-5-9-31-61(54)67-63(51)56)48-39-57(64-58(40-48)55-25-6-10-32-62(55)68-64)44-18-12-20-47(38-44)66-59-29-7-3-22-52(59)53-23-4-8-30-60(53)66/h1-40H. The topological polar surface area (TPSA) is 21.3 Å². The SMILES string of the molecule is c1cc(-c2cccc3c2oc2ccccc23)cc(N(c2ccc(-c3cccc4ccccc34)cc2)c2cc(-c3cccc(-n4c5ccccc5c5ccccc54)c3)c3sc4ccccc4c3c2)c1. The summed E-state index contributed by atoms with van der Waals surface area (Å²) >= 11 is 1.87. The summed E-state index contributed by atoms with van der Waals surface area (Å²) in [5.41, 5.74) is 15.4. The normalized spacial score (nSPS) is 11.8. The molecule has 0 spiro atoms. The van der Waals surface area contributed by atoms with Gasteiger partial charge in [-0.15, -0.1) is 11.3 Å². The van der Waals surface area contributed by atoms with E-state index >= 15 is 0 Å². The van der Waals surface area contributed by atoms with Crippen LogP contribution in [0.25, 0.3) is 114 Å². The van der Waals surface area contributed by atoms with Gasteiger partial charge in [0.1, 0.15) is 11.2 Å². The summed E-state index contributed by atoms with van der Waals surface area (Å²) in [6.07, 6.45) is 0. The number of rotatable bonds is 7. The molecule has 0 radical (unpaired) electrons. The largest absolute Gasteiger partial charge is 0.455 e. The highest BCUT2D eigenvalue weighted by atomic mass is 32.1. The van der Waals surface area contributed by atoms with E-state index in [0.29, 0.717) is 0 Å². The van der Waals surface area contributed by atoms with E-state index in [1.165, 1.54) is 75.0 Å². The van der Waals surface area contributed by atoms with Crippen LogP contribution in [0.2, 0.25) is 0 Å². The zero-order chi connectivity index (χ0) is 44.7. The minimum atomic E-state index is 0.894. The third kappa shape index (κ3) is 6.12. The molecule has 0 aliphatic rings. The summed E-state index contributed by atoms with van der Waals surface area (Å²) < 4.78 is 11.6. The van der Waals surface area contributed by atoms with E-state index in [1.807, 2.05) is 17.4 Å². The lowest BCUT2D eigenvalue weighted by Crippen LogP contribution is -2.10. The Morgan fingerprint density at radius 3 is 1.79 bits per heavy atom. The molecule has 0 fully saturated rings. The minimum Gasteiger partial charge on any atom is -0.455 e. The number of thiophene rings is 1. The van der Waals surface area contributed by atoms with Gasteiger partial charge >= 0.3 is 0 Å². The van der Waals surface area contributed by atoms with Crippen molar-refractivity contribution >= 4 is 103 Å². The zero-order valence-corrected chi connectivity index (χ0v) is 37.6. The van der Waals surface area contributed by atoms with Crippen LogP contribution in [0.1, 0.15) is 0 Å². The fourth-order valence-electron chi connectivity index (χ4n) is 10.7. The van der Waals surface area contributed by atoms with Crippen LogP contribution in [-0.2, 0) is 0 Å². The van der Waals surface area contributed by atoms with Crippen molar-refractivity contribution in [1.82, 2.24) is 4.57 Å². The molecule has 3 aromatic heterocycles. The molecular formula is C64H40N2OS. The molecule has 3 nitrogen and oxygen atoms in total. The number of aromatic nitrogens is 1. The second-order valence-corrected chi connectivity index (χ2v) is 18.7. The second kappa shape index (κ2) is 15.5. The molecule has 14 aromatic rings. The first kappa shape index (κ1) is 38.6. The fraction of sp³-hybridized carbons (Fsp3) is 0. The summed E-state index contributed by atoms with van der Waals surface area (Å²) in [4.78, 5) is 2.43. The molecule has 3 heterocycles. The molecule has 0 unspecified atom stereocenters. The highest BCUT2D eigenvalue weighted by Gasteiger charge is 2.21. The van der Waals surface area contributed by atoms with Crippen molar-refractivity contribution in [3.8, 4) is 39.1 Å². The highest BCUT2D eigenvalue weighted by molar-refractivity contribution is 7.26. The second-order valence-electron chi connectivity index (χ2n) is 17.6.